The lowest BCUT2D eigenvalue weighted by molar-refractivity contribution is -0.384. The van der Waals surface area contributed by atoms with E-state index in [1.54, 1.807) is 19.1 Å². The molecule has 5 heteroatoms. The van der Waals surface area contributed by atoms with E-state index in [4.69, 9.17) is 4.74 Å². The molecule has 0 aromatic heterocycles. The molecule has 0 saturated heterocycles. The van der Waals surface area contributed by atoms with Crippen molar-refractivity contribution in [3.8, 4) is 0 Å². The van der Waals surface area contributed by atoms with E-state index in [-0.39, 0.29) is 10.6 Å². The average Bonchev–Trinajstić information content (AvgIpc) is 2.44. The number of hydrogen-bond donors (Lipinski definition) is 1. The van der Waals surface area contributed by atoms with Crippen LogP contribution < -0.4 is 5.32 Å². The van der Waals surface area contributed by atoms with Gasteiger partial charge in [-0.1, -0.05) is 31.4 Å². The standard InChI is InChI=1S/C15H22N2O3/c1-12-6-5-9-14(15(12)17(18)19)16-10-11-20-13-7-3-2-4-8-13/h5-6,9,13,16H,2-4,7-8,10-11H2,1H3. The Bertz CT molecular complexity index is 456. The fraction of sp³-hybridized carbons (Fsp3) is 0.600. The van der Waals surface area contributed by atoms with E-state index >= 15 is 0 Å². The van der Waals surface area contributed by atoms with Gasteiger partial charge in [0.25, 0.3) is 5.69 Å². The van der Waals surface area contributed by atoms with Crippen LogP contribution in [0.25, 0.3) is 0 Å². The van der Waals surface area contributed by atoms with E-state index in [2.05, 4.69) is 5.32 Å². The largest absolute Gasteiger partial charge is 0.377 e. The Labute approximate surface area is 119 Å². The topological polar surface area (TPSA) is 64.4 Å². The lowest BCUT2D eigenvalue weighted by atomic mass is 9.98. The van der Waals surface area contributed by atoms with Crippen LogP contribution in [0.2, 0.25) is 0 Å². The van der Waals surface area contributed by atoms with Gasteiger partial charge in [-0.05, 0) is 25.8 Å². The normalized spacial score (nSPS) is 16.1. The first kappa shape index (κ1) is 14.8. The van der Waals surface area contributed by atoms with Gasteiger partial charge in [-0.2, -0.15) is 0 Å². The number of aryl methyl sites for hydroxylation is 1. The molecular weight excluding hydrogens is 256 g/mol. The summed E-state index contributed by atoms with van der Waals surface area (Å²) in [6, 6.07) is 5.32. The number of nitro groups is 1. The molecule has 1 aliphatic rings. The second-order valence-corrected chi connectivity index (χ2v) is 5.29. The molecule has 1 fully saturated rings. The van der Waals surface area contributed by atoms with E-state index < -0.39 is 0 Å². The maximum atomic E-state index is 11.1. The third-order valence-electron chi connectivity index (χ3n) is 3.74. The molecule has 20 heavy (non-hydrogen) atoms. The lowest BCUT2D eigenvalue weighted by Gasteiger charge is -2.22. The van der Waals surface area contributed by atoms with E-state index in [1.165, 1.54) is 19.3 Å². The molecule has 1 aliphatic carbocycles. The molecule has 1 N–H and O–H groups in total. The SMILES string of the molecule is Cc1cccc(NCCOC2CCCCC2)c1[N+](=O)[O-]. The Morgan fingerprint density at radius 3 is 2.80 bits per heavy atom. The summed E-state index contributed by atoms with van der Waals surface area (Å²) in [7, 11) is 0. The number of benzene rings is 1. The van der Waals surface area contributed by atoms with Gasteiger partial charge in [-0.25, -0.2) is 0 Å². The number of anilines is 1. The average molecular weight is 278 g/mol. The first-order valence-corrected chi connectivity index (χ1v) is 7.28. The van der Waals surface area contributed by atoms with E-state index in [0.29, 0.717) is 30.5 Å². The van der Waals surface area contributed by atoms with Crippen LogP contribution in [0.4, 0.5) is 11.4 Å². The maximum Gasteiger partial charge on any atom is 0.295 e. The highest BCUT2D eigenvalue weighted by atomic mass is 16.6. The number of rotatable bonds is 6. The fourth-order valence-electron chi connectivity index (χ4n) is 2.69. The Morgan fingerprint density at radius 1 is 1.35 bits per heavy atom. The van der Waals surface area contributed by atoms with Crippen LogP contribution in [0.15, 0.2) is 18.2 Å². The van der Waals surface area contributed by atoms with E-state index in [9.17, 15) is 10.1 Å². The van der Waals surface area contributed by atoms with Gasteiger partial charge < -0.3 is 10.1 Å². The minimum Gasteiger partial charge on any atom is -0.377 e. The van der Waals surface area contributed by atoms with Gasteiger partial charge in [-0.3, -0.25) is 10.1 Å². The predicted octanol–water partition coefficient (Wildman–Crippen LogP) is 3.66. The highest BCUT2D eigenvalue weighted by Crippen LogP contribution is 2.27. The Hall–Kier alpha value is -1.62. The molecule has 0 atom stereocenters. The molecule has 5 nitrogen and oxygen atoms in total. The van der Waals surface area contributed by atoms with Crippen molar-refractivity contribution in [2.24, 2.45) is 0 Å². The smallest absolute Gasteiger partial charge is 0.295 e. The van der Waals surface area contributed by atoms with Gasteiger partial charge in [0.1, 0.15) is 5.69 Å². The second-order valence-electron chi connectivity index (χ2n) is 5.29. The van der Waals surface area contributed by atoms with E-state index in [1.807, 2.05) is 6.07 Å². The van der Waals surface area contributed by atoms with Crippen molar-refractivity contribution >= 4 is 11.4 Å². The van der Waals surface area contributed by atoms with Gasteiger partial charge in [0.2, 0.25) is 0 Å². The van der Waals surface area contributed by atoms with Crippen molar-refractivity contribution in [2.45, 2.75) is 45.1 Å². The number of nitrogens with zero attached hydrogens (tertiary/aromatic N) is 1. The van der Waals surface area contributed by atoms with Gasteiger partial charge >= 0.3 is 0 Å². The molecule has 0 amide bonds. The first-order valence-electron chi connectivity index (χ1n) is 7.28. The third-order valence-corrected chi connectivity index (χ3v) is 3.74. The van der Waals surface area contributed by atoms with Crippen molar-refractivity contribution in [2.75, 3.05) is 18.5 Å². The molecule has 0 heterocycles. The van der Waals surface area contributed by atoms with Crippen molar-refractivity contribution in [3.63, 3.8) is 0 Å². The summed E-state index contributed by atoms with van der Waals surface area (Å²) in [4.78, 5) is 10.7. The van der Waals surface area contributed by atoms with Crippen LogP contribution in [0.1, 0.15) is 37.7 Å². The zero-order valence-electron chi connectivity index (χ0n) is 11.9. The van der Waals surface area contributed by atoms with Gasteiger partial charge in [0.15, 0.2) is 0 Å². The monoisotopic (exact) mass is 278 g/mol. The van der Waals surface area contributed by atoms with Crippen molar-refractivity contribution in [1.29, 1.82) is 0 Å². The van der Waals surface area contributed by atoms with Crippen LogP contribution in [-0.4, -0.2) is 24.2 Å². The minimum atomic E-state index is -0.334. The van der Waals surface area contributed by atoms with Crippen molar-refractivity contribution < 1.29 is 9.66 Å². The molecule has 2 rings (SSSR count). The zero-order valence-corrected chi connectivity index (χ0v) is 11.9. The maximum absolute atomic E-state index is 11.1. The molecule has 1 saturated carbocycles. The van der Waals surface area contributed by atoms with Gasteiger partial charge in [0.05, 0.1) is 17.6 Å². The molecule has 1 aromatic carbocycles. The minimum absolute atomic E-state index is 0.158. The summed E-state index contributed by atoms with van der Waals surface area (Å²) in [6.07, 6.45) is 6.48. The lowest BCUT2D eigenvalue weighted by Crippen LogP contribution is -2.20. The zero-order chi connectivity index (χ0) is 14.4. The summed E-state index contributed by atoms with van der Waals surface area (Å²) >= 11 is 0. The summed E-state index contributed by atoms with van der Waals surface area (Å²) in [6.45, 7) is 2.94. The Kier molecular flexibility index (Phi) is 5.35. The number of nitrogens with one attached hydrogen (secondary N) is 1. The quantitative estimate of drug-likeness (QED) is 0.490. The molecule has 0 spiro atoms. The highest BCUT2D eigenvalue weighted by molar-refractivity contribution is 5.64. The summed E-state index contributed by atoms with van der Waals surface area (Å²) in [5.74, 6) is 0. The summed E-state index contributed by atoms with van der Waals surface area (Å²) < 4.78 is 5.80. The Balaban J connectivity index is 1.82. The molecule has 0 radical (unpaired) electrons. The number of hydrogen-bond acceptors (Lipinski definition) is 4. The van der Waals surface area contributed by atoms with Crippen molar-refractivity contribution in [1.82, 2.24) is 0 Å². The van der Waals surface area contributed by atoms with Crippen LogP contribution >= 0.6 is 0 Å². The summed E-state index contributed by atoms with van der Waals surface area (Å²) in [5.41, 5.74) is 1.40. The number of nitro benzene ring substituents is 1. The van der Waals surface area contributed by atoms with Crippen LogP contribution in [-0.2, 0) is 4.74 Å². The molecule has 0 unspecified atom stereocenters. The predicted molar refractivity (Wildman–Crippen MR) is 79.1 cm³/mol. The fourth-order valence-corrected chi connectivity index (χ4v) is 2.69. The Morgan fingerprint density at radius 2 is 2.10 bits per heavy atom. The van der Waals surface area contributed by atoms with Crippen LogP contribution in [0.3, 0.4) is 0 Å². The first-order chi connectivity index (χ1) is 9.68. The second kappa shape index (κ2) is 7.24. The summed E-state index contributed by atoms with van der Waals surface area (Å²) in [5, 5.41) is 14.2. The molecular formula is C15H22N2O3. The third kappa shape index (κ3) is 3.93. The molecule has 0 aliphatic heterocycles. The van der Waals surface area contributed by atoms with Crippen LogP contribution in [0.5, 0.6) is 0 Å². The number of ether oxygens (including phenoxy) is 1. The van der Waals surface area contributed by atoms with Crippen molar-refractivity contribution in [3.05, 3.63) is 33.9 Å². The molecule has 1 aromatic rings. The highest BCUT2D eigenvalue weighted by Gasteiger charge is 2.17. The number of para-hydroxylation sites is 1. The van der Waals surface area contributed by atoms with E-state index in [0.717, 1.165) is 12.8 Å². The molecule has 110 valence electrons. The molecule has 0 bridgehead atoms. The van der Waals surface area contributed by atoms with Gasteiger partial charge in [-0.15, -0.1) is 0 Å². The van der Waals surface area contributed by atoms with Crippen LogP contribution in [0, 0.1) is 17.0 Å². The van der Waals surface area contributed by atoms with Gasteiger partial charge in [0, 0.05) is 12.1 Å².